The number of hydrogen-bond donors (Lipinski definition) is 0. The van der Waals surface area contributed by atoms with E-state index in [-0.39, 0.29) is 5.97 Å². The van der Waals surface area contributed by atoms with Gasteiger partial charge < -0.3 is 0 Å². The molecule has 5 aromatic rings. The van der Waals surface area contributed by atoms with Crippen LogP contribution in [-0.4, -0.2) is 20.9 Å². The molecule has 0 saturated heterocycles. The van der Waals surface area contributed by atoms with Crippen LogP contribution in [0, 0.1) is 0 Å². The van der Waals surface area contributed by atoms with E-state index in [1.165, 1.54) is 15.9 Å². The van der Waals surface area contributed by atoms with Crippen LogP contribution < -0.4 is 30.9 Å². The second-order valence-electron chi connectivity index (χ2n) is 11.0. The fourth-order valence-corrected chi connectivity index (χ4v) is 10.7. The van der Waals surface area contributed by atoms with Crippen LogP contribution in [0.5, 0.6) is 11.5 Å². The van der Waals surface area contributed by atoms with Crippen LogP contribution in [0.2, 0.25) is 0 Å². The summed E-state index contributed by atoms with van der Waals surface area (Å²) in [7, 11) is 1.08. The molecule has 0 amide bonds. The van der Waals surface area contributed by atoms with Gasteiger partial charge in [0.15, 0.2) is 0 Å². The molecule has 0 N–H and O–H groups in total. The van der Waals surface area contributed by atoms with Crippen LogP contribution in [0.1, 0.15) is 31.4 Å². The first-order valence-electron chi connectivity index (χ1n) is 14.5. The molecule has 0 aliphatic carbocycles. The average molecular weight is 572 g/mol. The van der Waals surface area contributed by atoms with Gasteiger partial charge >= 0.3 is 252 Å². The summed E-state index contributed by atoms with van der Waals surface area (Å²) in [6.07, 6.45) is 1.34. The Labute approximate surface area is 251 Å². The van der Waals surface area contributed by atoms with Crippen molar-refractivity contribution in [2.45, 2.75) is 31.8 Å². The quantitative estimate of drug-likeness (QED) is 0.0967. The summed E-state index contributed by atoms with van der Waals surface area (Å²) in [5.41, 5.74) is 2.15. The molecule has 5 rings (SSSR count). The van der Waals surface area contributed by atoms with Crippen LogP contribution >= 0.6 is 7.26 Å². The van der Waals surface area contributed by atoms with Crippen molar-refractivity contribution in [3.8, 4) is 11.5 Å². The van der Waals surface area contributed by atoms with Crippen molar-refractivity contribution in [3.63, 3.8) is 0 Å². The molecular weight excluding hydrogens is 534 g/mol. The minimum atomic E-state index is -2.59. The van der Waals surface area contributed by atoms with Crippen molar-refractivity contribution in [2.24, 2.45) is 0 Å². The van der Waals surface area contributed by atoms with Crippen LogP contribution in [0.4, 0.5) is 0 Å². The van der Waals surface area contributed by atoms with Gasteiger partial charge in [0, 0.05) is 0 Å². The van der Waals surface area contributed by atoms with Crippen LogP contribution in [0.15, 0.2) is 133 Å². The molecular formula is C37H38BO3P. The Morgan fingerprint density at radius 2 is 1.24 bits per heavy atom. The van der Waals surface area contributed by atoms with Crippen molar-refractivity contribution in [1.82, 2.24) is 0 Å². The van der Waals surface area contributed by atoms with E-state index in [2.05, 4.69) is 97.1 Å². The van der Waals surface area contributed by atoms with Gasteiger partial charge in [0.05, 0.1) is 0 Å². The molecule has 1 atom stereocenters. The number of para-hydroxylation sites is 1. The summed E-state index contributed by atoms with van der Waals surface area (Å²) >= 11 is 0. The molecule has 0 aliphatic rings. The van der Waals surface area contributed by atoms with Crippen molar-refractivity contribution < 1.29 is 14.3 Å². The van der Waals surface area contributed by atoms with E-state index in [9.17, 15) is 4.79 Å². The zero-order chi connectivity index (χ0) is 29.6. The number of ether oxygens (including phenoxy) is 2. The molecule has 212 valence electrons. The average Bonchev–Trinajstić information content (AvgIpc) is 3.05. The topological polar surface area (TPSA) is 35.5 Å². The Balaban J connectivity index is 1.62. The fraction of sp³-hybridized carbons (Fsp3) is 0.162. The summed E-state index contributed by atoms with van der Waals surface area (Å²) in [5.74, 6) is 1.08. The van der Waals surface area contributed by atoms with E-state index in [1.54, 1.807) is 7.11 Å². The fourth-order valence-electron chi connectivity index (χ4n) is 5.99. The first-order chi connectivity index (χ1) is 20.4. The minimum absolute atomic E-state index is 0.264. The summed E-state index contributed by atoms with van der Waals surface area (Å²) < 4.78 is 11.9. The molecule has 0 saturated carbocycles. The molecule has 0 aromatic heterocycles. The third-order valence-corrected chi connectivity index (χ3v) is 13.5. The normalized spacial score (nSPS) is 13.1. The van der Waals surface area contributed by atoms with E-state index in [0.29, 0.717) is 12.2 Å². The molecule has 0 radical (unpaired) electrons. The molecule has 5 heteroatoms. The molecule has 3 nitrogen and oxygen atoms in total. The molecule has 0 fully saturated rings. The van der Waals surface area contributed by atoms with E-state index < -0.39 is 12.7 Å². The molecule has 5 aromatic carbocycles. The van der Waals surface area contributed by atoms with Gasteiger partial charge in [-0.3, -0.25) is 0 Å². The zero-order valence-corrected chi connectivity index (χ0v) is 25.8. The third kappa shape index (κ3) is 5.65. The zero-order valence-electron chi connectivity index (χ0n) is 24.8. The summed E-state index contributed by atoms with van der Waals surface area (Å²) in [6, 6.07) is 46.4. The Morgan fingerprint density at radius 1 is 0.738 bits per heavy atom. The number of hydrogen-bond acceptors (Lipinski definition) is 3. The number of benzene rings is 5. The van der Waals surface area contributed by atoms with Crippen LogP contribution in [0.3, 0.4) is 0 Å². The monoisotopic (exact) mass is 572 g/mol. The Kier molecular flexibility index (Phi) is 8.95. The summed E-state index contributed by atoms with van der Waals surface area (Å²) in [4.78, 5) is 14.1. The number of methoxy groups -OCH3 is 1. The maximum absolute atomic E-state index is 14.1. The summed E-state index contributed by atoms with van der Waals surface area (Å²) in [6.45, 7) is 4.00. The molecule has 0 spiro atoms. The third-order valence-electron chi connectivity index (χ3n) is 8.63. The van der Waals surface area contributed by atoms with Crippen molar-refractivity contribution >= 4 is 42.5 Å². The van der Waals surface area contributed by atoms with Crippen molar-refractivity contribution in [2.75, 3.05) is 7.11 Å². The van der Waals surface area contributed by atoms with Crippen molar-refractivity contribution in [3.05, 3.63) is 145 Å². The van der Waals surface area contributed by atoms with E-state index >= 15 is 0 Å². The van der Waals surface area contributed by atoms with Crippen LogP contribution in [-0.2, 0) is 16.4 Å². The standard InChI is InChI=1S/C37H38BO3P/c1-4-37(2,33-26-29(40-3)24-25-34(33)38)36(39)41-35-23-15-14-16-28(35)27-42(30-17-8-5-9-18-30,31-19-10-6-11-20-31)32-21-12-7-13-22-32/h5-26,42H,4,27,38H2,1-3H3. The van der Waals surface area contributed by atoms with Crippen molar-refractivity contribution in [1.29, 1.82) is 0 Å². The molecule has 1 unspecified atom stereocenters. The summed E-state index contributed by atoms with van der Waals surface area (Å²) in [5, 5.41) is 3.94. The molecule has 42 heavy (non-hydrogen) atoms. The van der Waals surface area contributed by atoms with Crippen LogP contribution in [0.25, 0.3) is 0 Å². The van der Waals surface area contributed by atoms with Gasteiger partial charge in [-0.1, -0.05) is 0 Å². The Bertz CT molecular complexity index is 1540. The van der Waals surface area contributed by atoms with Gasteiger partial charge in [-0.05, 0) is 0 Å². The predicted molar refractivity (Wildman–Crippen MR) is 181 cm³/mol. The molecule has 0 aliphatic heterocycles. The van der Waals surface area contributed by atoms with Gasteiger partial charge in [0.25, 0.3) is 0 Å². The number of carbonyl (C=O) groups excluding carboxylic acids is 1. The van der Waals surface area contributed by atoms with E-state index in [4.69, 9.17) is 9.47 Å². The molecule has 0 bridgehead atoms. The second kappa shape index (κ2) is 12.8. The predicted octanol–water partition coefficient (Wildman–Crippen LogP) is 5.45. The molecule has 0 heterocycles. The first kappa shape index (κ1) is 29.4. The van der Waals surface area contributed by atoms with Gasteiger partial charge in [-0.15, -0.1) is 0 Å². The first-order valence-corrected chi connectivity index (χ1v) is 16.7. The van der Waals surface area contributed by atoms with E-state index in [0.717, 1.165) is 28.5 Å². The number of rotatable bonds is 10. The van der Waals surface area contributed by atoms with Gasteiger partial charge in [0.1, 0.15) is 0 Å². The van der Waals surface area contributed by atoms with Gasteiger partial charge in [-0.25, -0.2) is 0 Å². The van der Waals surface area contributed by atoms with Gasteiger partial charge in [-0.2, -0.15) is 0 Å². The number of esters is 1. The second-order valence-corrected chi connectivity index (χ2v) is 14.9. The maximum atomic E-state index is 14.1. The van der Waals surface area contributed by atoms with E-state index in [1.807, 2.05) is 58.1 Å². The Morgan fingerprint density at radius 3 is 1.74 bits per heavy atom. The van der Waals surface area contributed by atoms with Gasteiger partial charge in [0.2, 0.25) is 0 Å². The Hall–Kier alpha value is -4.14. The SMILES string of the molecule is Bc1ccc(OC)cc1C(C)(CC)C(=O)Oc1ccccc1C[PH](c1ccccc1)(c1ccccc1)c1ccccc1. The number of carbonyl (C=O) groups is 1.